The minimum atomic E-state index is -0.731. The van der Waals surface area contributed by atoms with E-state index >= 15 is 0 Å². The van der Waals surface area contributed by atoms with Crippen molar-refractivity contribution in [1.29, 1.82) is 0 Å². The highest BCUT2D eigenvalue weighted by molar-refractivity contribution is 9.10. The van der Waals surface area contributed by atoms with Gasteiger partial charge in [-0.2, -0.15) is 0 Å². The number of halogens is 1. The molecule has 0 spiro atoms. The van der Waals surface area contributed by atoms with Crippen LogP contribution in [0.1, 0.15) is 5.69 Å². The van der Waals surface area contributed by atoms with Gasteiger partial charge in [-0.15, -0.1) is 5.10 Å². The topological polar surface area (TPSA) is 129 Å². The molecule has 0 saturated carbocycles. The minimum absolute atomic E-state index is 0.0369. The molecule has 0 radical (unpaired) electrons. The Morgan fingerprint density at radius 3 is 3.00 bits per heavy atom. The summed E-state index contributed by atoms with van der Waals surface area (Å²) in [7, 11) is 0. The van der Waals surface area contributed by atoms with Crippen molar-refractivity contribution in [3.63, 3.8) is 0 Å². The monoisotopic (exact) mass is 346 g/mol. The third-order valence-electron chi connectivity index (χ3n) is 2.24. The van der Waals surface area contributed by atoms with Crippen LogP contribution in [0.4, 0.5) is 10.7 Å². The highest BCUT2D eigenvalue weighted by Gasteiger charge is 2.17. The minimum Gasteiger partial charge on any atom is -0.313 e. The molecule has 100 valence electrons. The molecule has 0 aliphatic rings. The molecule has 0 aliphatic carbocycles. The SMILES string of the molecule is NNc1snnc1Cn1cc(Br)cc([N+](=O)[O-])c1=O. The number of nitrogens with two attached hydrogens (primary N) is 1. The van der Waals surface area contributed by atoms with Crippen molar-refractivity contribution >= 4 is 38.2 Å². The normalized spacial score (nSPS) is 10.4. The van der Waals surface area contributed by atoms with Gasteiger partial charge in [0.25, 0.3) is 0 Å². The van der Waals surface area contributed by atoms with Crippen molar-refractivity contribution in [1.82, 2.24) is 14.2 Å². The Balaban J connectivity index is 2.46. The molecule has 0 saturated heterocycles. The molecule has 0 aliphatic heterocycles. The predicted octanol–water partition coefficient (Wildman–Crippen LogP) is 0.704. The number of hydrazine groups is 1. The first-order valence-corrected chi connectivity index (χ1v) is 6.41. The number of nitrogens with zero attached hydrogens (tertiary/aromatic N) is 4. The largest absolute Gasteiger partial charge is 0.335 e. The van der Waals surface area contributed by atoms with Crippen molar-refractivity contribution in [2.75, 3.05) is 5.43 Å². The summed E-state index contributed by atoms with van der Waals surface area (Å²) in [6.07, 6.45) is 1.44. The summed E-state index contributed by atoms with van der Waals surface area (Å²) in [5, 5.41) is 15.1. The molecular weight excluding hydrogens is 340 g/mol. The van der Waals surface area contributed by atoms with E-state index in [-0.39, 0.29) is 6.54 Å². The van der Waals surface area contributed by atoms with Crippen LogP contribution in [0.15, 0.2) is 21.5 Å². The molecule has 0 aromatic carbocycles. The third kappa shape index (κ3) is 2.77. The van der Waals surface area contributed by atoms with E-state index in [1.807, 2.05) is 0 Å². The van der Waals surface area contributed by atoms with Gasteiger partial charge in [0.15, 0.2) is 0 Å². The Kier molecular flexibility index (Phi) is 3.87. The molecule has 2 aromatic heterocycles. The van der Waals surface area contributed by atoms with E-state index in [0.717, 1.165) is 17.6 Å². The third-order valence-corrected chi connectivity index (χ3v) is 3.37. The zero-order valence-electron chi connectivity index (χ0n) is 9.24. The molecular formula is C8H7BrN6O3S. The number of nitrogen functional groups attached to an aromatic ring is 1. The standard InChI is InChI=1S/C8H7BrN6O3S/c9-4-1-6(15(17)18)8(16)14(2-4)3-5-7(11-10)19-13-12-5/h1-2,11H,3,10H2. The lowest BCUT2D eigenvalue weighted by Crippen LogP contribution is -2.23. The molecule has 0 amide bonds. The summed E-state index contributed by atoms with van der Waals surface area (Å²) in [5.41, 5.74) is 1.60. The van der Waals surface area contributed by atoms with Gasteiger partial charge in [-0.25, -0.2) is 5.84 Å². The van der Waals surface area contributed by atoms with Gasteiger partial charge in [0.2, 0.25) is 0 Å². The summed E-state index contributed by atoms with van der Waals surface area (Å²) in [6.45, 7) is 0.0369. The van der Waals surface area contributed by atoms with Crippen LogP contribution in [0.2, 0.25) is 0 Å². The fourth-order valence-electron chi connectivity index (χ4n) is 1.42. The zero-order chi connectivity index (χ0) is 14.0. The highest BCUT2D eigenvalue weighted by atomic mass is 79.9. The summed E-state index contributed by atoms with van der Waals surface area (Å²) in [4.78, 5) is 21.9. The van der Waals surface area contributed by atoms with Crippen molar-refractivity contribution in [2.24, 2.45) is 5.84 Å². The molecule has 0 fully saturated rings. The average Bonchev–Trinajstić information content (AvgIpc) is 2.80. The number of nitro groups is 1. The number of pyridine rings is 1. The van der Waals surface area contributed by atoms with E-state index in [1.54, 1.807) is 0 Å². The van der Waals surface area contributed by atoms with E-state index in [0.29, 0.717) is 15.2 Å². The summed E-state index contributed by atoms with van der Waals surface area (Å²) in [6, 6.07) is 1.15. The summed E-state index contributed by atoms with van der Waals surface area (Å²) < 4.78 is 5.27. The van der Waals surface area contributed by atoms with Gasteiger partial charge in [0.05, 0.1) is 11.5 Å². The van der Waals surface area contributed by atoms with Crippen LogP contribution in [0.5, 0.6) is 0 Å². The van der Waals surface area contributed by atoms with Gasteiger partial charge < -0.3 is 9.99 Å². The number of hydrogen-bond donors (Lipinski definition) is 2. The van der Waals surface area contributed by atoms with Gasteiger partial charge in [-0.3, -0.25) is 14.9 Å². The van der Waals surface area contributed by atoms with E-state index < -0.39 is 16.2 Å². The second-order valence-electron chi connectivity index (χ2n) is 3.43. The van der Waals surface area contributed by atoms with Crippen LogP contribution < -0.4 is 16.8 Å². The maximum absolute atomic E-state index is 11.9. The molecule has 9 nitrogen and oxygen atoms in total. The zero-order valence-corrected chi connectivity index (χ0v) is 11.6. The van der Waals surface area contributed by atoms with Gasteiger partial charge >= 0.3 is 11.2 Å². The Labute approximate surface area is 118 Å². The van der Waals surface area contributed by atoms with Crippen molar-refractivity contribution in [3.8, 4) is 0 Å². The Morgan fingerprint density at radius 1 is 1.63 bits per heavy atom. The van der Waals surface area contributed by atoms with Gasteiger partial charge in [0, 0.05) is 28.3 Å². The van der Waals surface area contributed by atoms with Gasteiger partial charge in [-0.1, -0.05) is 4.49 Å². The molecule has 2 heterocycles. The van der Waals surface area contributed by atoms with E-state index in [1.165, 1.54) is 10.8 Å². The quantitative estimate of drug-likeness (QED) is 0.473. The Morgan fingerprint density at radius 2 is 2.37 bits per heavy atom. The lowest BCUT2D eigenvalue weighted by molar-refractivity contribution is -0.386. The second kappa shape index (κ2) is 5.42. The molecule has 0 bridgehead atoms. The number of hydrogen-bond acceptors (Lipinski definition) is 8. The molecule has 0 unspecified atom stereocenters. The number of aromatic nitrogens is 3. The first kappa shape index (κ1) is 13.6. The van der Waals surface area contributed by atoms with E-state index in [2.05, 4.69) is 30.9 Å². The smallest absolute Gasteiger partial charge is 0.313 e. The maximum atomic E-state index is 11.9. The highest BCUT2D eigenvalue weighted by Crippen LogP contribution is 2.18. The Hall–Kier alpha value is -1.85. The molecule has 2 aromatic rings. The van der Waals surface area contributed by atoms with Crippen molar-refractivity contribution in [2.45, 2.75) is 6.54 Å². The van der Waals surface area contributed by atoms with Gasteiger partial charge in [-0.05, 0) is 15.9 Å². The maximum Gasteiger partial charge on any atom is 0.335 e. The average molecular weight is 347 g/mol. The first-order valence-electron chi connectivity index (χ1n) is 4.85. The number of rotatable bonds is 4. The van der Waals surface area contributed by atoms with Crippen LogP contribution in [0.25, 0.3) is 0 Å². The molecule has 3 N–H and O–H groups in total. The Bertz CT molecular complexity index is 683. The molecule has 2 rings (SSSR count). The van der Waals surface area contributed by atoms with Crippen LogP contribution in [0, 0.1) is 10.1 Å². The lowest BCUT2D eigenvalue weighted by Gasteiger charge is -2.05. The first-order chi connectivity index (χ1) is 9.02. The fraction of sp³-hybridized carbons (Fsp3) is 0.125. The second-order valence-corrected chi connectivity index (χ2v) is 5.10. The summed E-state index contributed by atoms with van der Waals surface area (Å²) >= 11 is 4.15. The van der Waals surface area contributed by atoms with Crippen LogP contribution in [-0.2, 0) is 6.54 Å². The van der Waals surface area contributed by atoms with Crippen LogP contribution >= 0.6 is 27.5 Å². The van der Waals surface area contributed by atoms with Crippen LogP contribution in [0.3, 0.4) is 0 Å². The fourth-order valence-corrected chi connectivity index (χ4v) is 2.36. The van der Waals surface area contributed by atoms with E-state index in [9.17, 15) is 14.9 Å². The predicted molar refractivity (Wildman–Crippen MR) is 71.9 cm³/mol. The lowest BCUT2D eigenvalue weighted by atomic mass is 10.3. The van der Waals surface area contributed by atoms with Gasteiger partial charge in [0.1, 0.15) is 10.7 Å². The van der Waals surface area contributed by atoms with E-state index in [4.69, 9.17) is 5.84 Å². The molecule has 0 atom stereocenters. The number of nitrogens with one attached hydrogen (secondary N) is 1. The van der Waals surface area contributed by atoms with Crippen molar-refractivity contribution < 1.29 is 4.92 Å². The van der Waals surface area contributed by atoms with Crippen LogP contribution in [-0.4, -0.2) is 19.1 Å². The van der Waals surface area contributed by atoms with Crippen molar-refractivity contribution in [3.05, 3.63) is 42.9 Å². The molecule has 11 heteroatoms. The molecule has 19 heavy (non-hydrogen) atoms. The summed E-state index contributed by atoms with van der Waals surface area (Å²) in [5.74, 6) is 5.27. The number of anilines is 1.